The number of hydrogen-bond acceptors (Lipinski definition) is 7. The molecule has 0 aliphatic carbocycles. The van der Waals surface area contributed by atoms with Gasteiger partial charge in [-0.05, 0) is 30.7 Å². The minimum atomic E-state index is -1.50. The van der Waals surface area contributed by atoms with E-state index in [4.69, 9.17) is 9.47 Å². The molecule has 218 valence electrons. The summed E-state index contributed by atoms with van der Waals surface area (Å²) in [7, 11) is 0. The molecule has 1 aliphatic heterocycles. The van der Waals surface area contributed by atoms with Crippen LogP contribution < -0.4 is 10.1 Å². The van der Waals surface area contributed by atoms with Crippen LogP contribution in [0.15, 0.2) is 24.3 Å². The molecule has 1 saturated heterocycles. The Morgan fingerprint density at radius 1 is 0.763 bits per heavy atom. The molecule has 5 N–H and O–H groups in total. The van der Waals surface area contributed by atoms with Crippen molar-refractivity contribution in [2.75, 3.05) is 11.9 Å². The van der Waals surface area contributed by atoms with Gasteiger partial charge in [0.15, 0.2) is 0 Å². The van der Waals surface area contributed by atoms with Crippen LogP contribution >= 0.6 is 0 Å². The minimum Gasteiger partial charge on any atom is -0.462 e. The summed E-state index contributed by atoms with van der Waals surface area (Å²) in [5, 5.41) is 42.0. The van der Waals surface area contributed by atoms with E-state index in [1.807, 2.05) is 0 Å². The number of carbonyl (C=O) groups excluding carboxylic acids is 1. The van der Waals surface area contributed by atoms with Crippen LogP contribution in [0.3, 0.4) is 0 Å². The summed E-state index contributed by atoms with van der Waals surface area (Å²) in [6.07, 6.45) is 13.2. The molecule has 1 aliphatic rings. The van der Waals surface area contributed by atoms with E-state index in [2.05, 4.69) is 12.2 Å². The third-order valence-electron chi connectivity index (χ3n) is 7.25. The van der Waals surface area contributed by atoms with Crippen LogP contribution in [0.2, 0.25) is 0 Å². The highest BCUT2D eigenvalue weighted by molar-refractivity contribution is 5.90. The van der Waals surface area contributed by atoms with E-state index in [9.17, 15) is 25.2 Å². The largest absolute Gasteiger partial charge is 0.462 e. The van der Waals surface area contributed by atoms with Crippen LogP contribution in [0.1, 0.15) is 110 Å². The molecule has 1 aromatic rings. The van der Waals surface area contributed by atoms with Crippen molar-refractivity contribution in [1.29, 1.82) is 0 Å². The van der Waals surface area contributed by atoms with Gasteiger partial charge in [0.25, 0.3) is 0 Å². The monoisotopic (exact) mass is 537 g/mol. The topological polar surface area (TPSA) is 128 Å². The smallest absolute Gasteiger partial charge is 0.229 e. The average Bonchev–Trinajstić information content (AvgIpc) is 2.92. The lowest BCUT2D eigenvalue weighted by atomic mass is 9.99. The van der Waals surface area contributed by atoms with Crippen molar-refractivity contribution in [3.63, 3.8) is 0 Å². The van der Waals surface area contributed by atoms with Crippen molar-refractivity contribution in [3.8, 4) is 5.75 Å². The van der Waals surface area contributed by atoms with Crippen molar-refractivity contribution in [1.82, 2.24) is 0 Å². The lowest BCUT2D eigenvalue weighted by Gasteiger charge is -2.39. The predicted molar refractivity (Wildman–Crippen MR) is 149 cm³/mol. The van der Waals surface area contributed by atoms with E-state index < -0.39 is 37.3 Å². The maximum atomic E-state index is 12.3. The number of nitrogens with one attached hydrogen (secondary N) is 1. The Labute approximate surface area is 228 Å². The Kier molecular flexibility index (Phi) is 16.6. The molecule has 8 heteroatoms. The van der Waals surface area contributed by atoms with Crippen molar-refractivity contribution in [2.24, 2.45) is 0 Å². The molecular weight excluding hydrogens is 486 g/mol. The van der Waals surface area contributed by atoms with Gasteiger partial charge in [0.1, 0.15) is 30.2 Å². The van der Waals surface area contributed by atoms with Gasteiger partial charge in [-0.2, -0.15) is 0 Å². The highest BCUT2D eigenvalue weighted by atomic mass is 16.7. The summed E-state index contributed by atoms with van der Waals surface area (Å²) in [4.78, 5) is 12.3. The highest BCUT2D eigenvalue weighted by Crippen LogP contribution is 2.25. The molecule has 2 rings (SSSR count). The number of benzene rings is 1. The molecule has 0 unspecified atom stereocenters. The summed E-state index contributed by atoms with van der Waals surface area (Å²) >= 11 is 0. The van der Waals surface area contributed by atoms with Gasteiger partial charge >= 0.3 is 0 Å². The van der Waals surface area contributed by atoms with E-state index >= 15 is 0 Å². The zero-order valence-electron chi connectivity index (χ0n) is 23.2. The minimum absolute atomic E-state index is 0.0257. The maximum Gasteiger partial charge on any atom is 0.229 e. The Balaban J connectivity index is 1.50. The molecule has 0 spiro atoms. The van der Waals surface area contributed by atoms with Crippen LogP contribution in [-0.2, 0) is 9.53 Å². The Bertz CT molecular complexity index is 743. The molecule has 8 nitrogen and oxygen atoms in total. The molecule has 0 aromatic heterocycles. The number of anilines is 1. The fourth-order valence-corrected chi connectivity index (χ4v) is 4.80. The van der Waals surface area contributed by atoms with E-state index in [0.717, 1.165) is 12.8 Å². The van der Waals surface area contributed by atoms with Crippen molar-refractivity contribution < 1.29 is 34.7 Å². The number of ether oxygens (including phenoxy) is 2. The molecular formula is C30H51NO7. The molecule has 38 heavy (non-hydrogen) atoms. The molecule has 0 saturated carbocycles. The zero-order chi connectivity index (χ0) is 27.6. The summed E-state index contributed by atoms with van der Waals surface area (Å²) in [6.45, 7) is 1.74. The summed E-state index contributed by atoms with van der Waals surface area (Å²) in [5.74, 6) is 0.331. The van der Waals surface area contributed by atoms with Crippen LogP contribution in [0.25, 0.3) is 0 Å². The van der Waals surface area contributed by atoms with Crippen LogP contribution in [-0.4, -0.2) is 63.6 Å². The van der Waals surface area contributed by atoms with Gasteiger partial charge in [-0.1, -0.05) is 96.8 Å². The maximum absolute atomic E-state index is 12.3. The lowest BCUT2D eigenvalue weighted by Crippen LogP contribution is -2.60. The second-order valence-electron chi connectivity index (χ2n) is 10.6. The van der Waals surface area contributed by atoms with Crippen LogP contribution in [0.4, 0.5) is 5.69 Å². The molecule has 1 heterocycles. The normalized spacial score (nSPS) is 23.3. The quantitative estimate of drug-likeness (QED) is 0.147. The highest BCUT2D eigenvalue weighted by Gasteiger charge is 2.44. The molecule has 0 radical (unpaired) electrons. The first-order chi connectivity index (χ1) is 18.5. The van der Waals surface area contributed by atoms with Gasteiger partial charge in [-0.25, -0.2) is 0 Å². The molecule has 1 amide bonds. The first-order valence-corrected chi connectivity index (χ1v) is 14.8. The van der Waals surface area contributed by atoms with E-state index in [-0.39, 0.29) is 5.91 Å². The summed E-state index contributed by atoms with van der Waals surface area (Å²) in [6, 6.07) is 6.60. The van der Waals surface area contributed by atoms with Crippen LogP contribution in [0, 0.1) is 0 Å². The second kappa shape index (κ2) is 19.4. The first-order valence-electron chi connectivity index (χ1n) is 14.8. The number of aliphatic hydroxyl groups excluding tert-OH is 4. The van der Waals surface area contributed by atoms with Crippen molar-refractivity contribution in [2.45, 2.75) is 140 Å². The van der Waals surface area contributed by atoms with Gasteiger partial charge in [-0.3, -0.25) is 4.79 Å². The molecule has 5 atom stereocenters. The number of amides is 1. The summed E-state index contributed by atoms with van der Waals surface area (Å²) < 4.78 is 10.9. The SMILES string of the molecule is CCCCCCCCCCCCCCCCCC(=O)Nc1ccc(O[C@@H]2O[C@H](CO)[C@@H](O)[C@H](O)[C@H]2O)cc1. The molecule has 1 fully saturated rings. The Hall–Kier alpha value is -1.71. The van der Waals surface area contributed by atoms with E-state index in [1.165, 1.54) is 83.5 Å². The van der Waals surface area contributed by atoms with Crippen molar-refractivity contribution in [3.05, 3.63) is 24.3 Å². The zero-order valence-corrected chi connectivity index (χ0v) is 23.2. The number of unbranched alkanes of at least 4 members (excludes halogenated alkanes) is 14. The standard InChI is InChI=1S/C30H51NO7/c1-2-3-4-5-6-7-8-9-10-11-12-13-14-15-16-17-26(33)31-23-18-20-24(21-19-23)37-30-29(36)28(35)27(34)25(22-32)38-30/h18-21,25,27-30,32,34-36H,2-17,22H2,1H3,(H,31,33)/t25-,27-,28+,29-,30-/m1/s1. The summed E-state index contributed by atoms with van der Waals surface area (Å²) in [5.41, 5.74) is 0.636. The van der Waals surface area contributed by atoms with Crippen LogP contribution in [0.5, 0.6) is 5.75 Å². The second-order valence-corrected chi connectivity index (χ2v) is 10.6. The van der Waals surface area contributed by atoms with Gasteiger partial charge in [0, 0.05) is 12.1 Å². The van der Waals surface area contributed by atoms with Gasteiger partial charge in [0.05, 0.1) is 6.61 Å². The number of rotatable bonds is 20. The van der Waals surface area contributed by atoms with Gasteiger partial charge < -0.3 is 35.2 Å². The molecule has 0 bridgehead atoms. The lowest BCUT2D eigenvalue weighted by molar-refractivity contribution is -0.277. The third-order valence-corrected chi connectivity index (χ3v) is 7.25. The fraction of sp³-hybridized carbons (Fsp3) is 0.767. The van der Waals surface area contributed by atoms with E-state index in [1.54, 1.807) is 24.3 Å². The molecule has 1 aromatic carbocycles. The first kappa shape index (κ1) is 32.5. The fourth-order valence-electron chi connectivity index (χ4n) is 4.80. The Morgan fingerprint density at radius 3 is 1.76 bits per heavy atom. The predicted octanol–water partition coefficient (Wildman–Crippen LogP) is 5.07. The van der Waals surface area contributed by atoms with E-state index in [0.29, 0.717) is 17.9 Å². The number of aliphatic hydroxyl groups is 4. The van der Waals surface area contributed by atoms with Gasteiger partial charge in [-0.15, -0.1) is 0 Å². The van der Waals surface area contributed by atoms with Crippen molar-refractivity contribution >= 4 is 11.6 Å². The van der Waals surface area contributed by atoms with Gasteiger partial charge in [0.2, 0.25) is 12.2 Å². The Morgan fingerprint density at radius 2 is 1.26 bits per heavy atom. The number of carbonyl (C=O) groups is 1. The third kappa shape index (κ3) is 12.4. The average molecular weight is 538 g/mol. The number of hydrogen-bond donors (Lipinski definition) is 5.